The number of rotatable bonds is 2. The van der Waals surface area contributed by atoms with E-state index in [0.717, 1.165) is 13.2 Å². The normalized spacial score (nSPS) is 32.7. The fourth-order valence-electron chi connectivity index (χ4n) is 1.63. The summed E-state index contributed by atoms with van der Waals surface area (Å²) < 4.78 is 5.45. The van der Waals surface area contributed by atoms with Gasteiger partial charge in [0.2, 0.25) is 0 Å². The van der Waals surface area contributed by atoms with Gasteiger partial charge in [-0.25, -0.2) is 0 Å². The Labute approximate surface area is 70.1 Å². The van der Waals surface area contributed by atoms with E-state index in [4.69, 9.17) is 4.74 Å². The molecule has 1 heterocycles. The van der Waals surface area contributed by atoms with Gasteiger partial charge >= 0.3 is 0 Å². The Morgan fingerprint density at radius 2 is 2.09 bits per heavy atom. The third-order valence-electron chi connectivity index (χ3n) is 3.74. The van der Waals surface area contributed by atoms with Crippen molar-refractivity contribution in [2.24, 2.45) is 10.8 Å². The van der Waals surface area contributed by atoms with Crippen molar-refractivity contribution in [1.82, 2.24) is 0 Å². The van der Waals surface area contributed by atoms with Gasteiger partial charge in [-0.15, -0.1) is 0 Å². The van der Waals surface area contributed by atoms with E-state index in [0.29, 0.717) is 10.8 Å². The van der Waals surface area contributed by atoms with Crippen LogP contribution in [0.15, 0.2) is 0 Å². The lowest BCUT2D eigenvalue weighted by atomic mass is 9.65. The maximum Gasteiger partial charge on any atom is 0.0525 e. The molecule has 0 amide bonds. The van der Waals surface area contributed by atoms with Gasteiger partial charge in [-0.2, -0.15) is 0 Å². The first-order valence-corrected chi connectivity index (χ1v) is 4.60. The van der Waals surface area contributed by atoms with Crippen molar-refractivity contribution in [3.8, 4) is 0 Å². The fourth-order valence-corrected chi connectivity index (χ4v) is 1.63. The van der Waals surface area contributed by atoms with Gasteiger partial charge in [-0.3, -0.25) is 0 Å². The molecule has 0 N–H and O–H groups in total. The zero-order valence-corrected chi connectivity index (χ0v) is 8.24. The van der Waals surface area contributed by atoms with Gasteiger partial charge < -0.3 is 4.74 Å². The molecule has 1 atom stereocenters. The Bertz CT molecular complexity index is 132. The molecule has 1 heteroatoms. The van der Waals surface area contributed by atoms with Crippen molar-refractivity contribution < 1.29 is 4.74 Å². The summed E-state index contributed by atoms with van der Waals surface area (Å²) in [5.41, 5.74) is 0.852. The Morgan fingerprint density at radius 3 is 2.45 bits per heavy atom. The first-order chi connectivity index (χ1) is 5.02. The Hall–Kier alpha value is -0.0400. The summed E-state index contributed by atoms with van der Waals surface area (Å²) in [5, 5.41) is 0. The zero-order chi connectivity index (χ0) is 8.54. The molecule has 1 unspecified atom stereocenters. The zero-order valence-electron chi connectivity index (χ0n) is 8.24. The van der Waals surface area contributed by atoms with Gasteiger partial charge in [0.1, 0.15) is 0 Å². The van der Waals surface area contributed by atoms with Crippen LogP contribution in [0.5, 0.6) is 0 Å². The first kappa shape index (κ1) is 9.05. The summed E-state index contributed by atoms with van der Waals surface area (Å²) >= 11 is 0. The summed E-state index contributed by atoms with van der Waals surface area (Å²) in [5.74, 6) is 0. The second kappa shape index (κ2) is 2.78. The van der Waals surface area contributed by atoms with Crippen molar-refractivity contribution in [2.45, 2.75) is 40.5 Å². The van der Waals surface area contributed by atoms with Crippen LogP contribution in [0.4, 0.5) is 0 Å². The highest BCUT2D eigenvalue weighted by Gasteiger charge is 2.42. The minimum absolute atomic E-state index is 0.418. The van der Waals surface area contributed by atoms with Crippen LogP contribution in [0.3, 0.4) is 0 Å². The highest BCUT2D eigenvalue weighted by atomic mass is 16.5. The van der Waals surface area contributed by atoms with Crippen LogP contribution in [-0.4, -0.2) is 13.2 Å². The van der Waals surface area contributed by atoms with Crippen molar-refractivity contribution in [2.75, 3.05) is 13.2 Å². The van der Waals surface area contributed by atoms with Gasteiger partial charge in [0.05, 0.1) is 6.61 Å². The van der Waals surface area contributed by atoms with Gasteiger partial charge in [-0.05, 0) is 17.3 Å². The molecule has 0 aromatic rings. The van der Waals surface area contributed by atoms with Gasteiger partial charge in [0, 0.05) is 6.61 Å². The van der Waals surface area contributed by atoms with E-state index in [1.807, 2.05) is 0 Å². The maximum absolute atomic E-state index is 5.45. The predicted octanol–water partition coefficient (Wildman–Crippen LogP) is 2.85. The Morgan fingerprint density at radius 1 is 1.45 bits per heavy atom. The van der Waals surface area contributed by atoms with Crippen molar-refractivity contribution in [3.63, 3.8) is 0 Å². The monoisotopic (exact) mass is 156 g/mol. The number of hydrogen-bond donors (Lipinski definition) is 0. The molecule has 1 fully saturated rings. The maximum atomic E-state index is 5.45. The quantitative estimate of drug-likeness (QED) is 0.597. The average molecular weight is 156 g/mol. The largest absolute Gasteiger partial charge is 0.381 e. The highest BCUT2D eigenvalue weighted by Crippen LogP contribution is 2.46. The van der Waals surface area contributed by atoms with E-state index in [2.05, 4.69) is 27.7 Å². The number of hydrogen-bond acceptors (Lipinski definition) is 1. The fraction of sp³-hybridized carbons (Fsp3) is 1.00. The predicted molar refractivity (Wildman–Crippen MR) is 47.6 cm³/mol. The molecule has 1 nitrogen and oxygen atoms in total. The van der Waals surface area contributed by atoms with E-state index in [-0.39, 0.29) is 0 Å². The molecule has 0 aromatic heterocycles. The lowest BCUT2D eigenvalue weighted by Crippen LogP contribution is -2.35. The smallest absolute Gasteiger partial charge is 0.0525 e. The minimum Gasteiger partial charge on any atom is -0.381 e. The van der Waals surface area contributed by atoms with E-state index in [1.165, 1.54) is 12.8 Å². The summed E-state index contributed by atoms with van der Waals surface area (Å²) in [6.45, 7) is 11.2. The van der Waals surface area contributed by atoms with Crippen molar-refractivity contribution in [3.05, 3.63) is 0 Å². The molecule has 1 aliphatic heterocycles. The molecule has 0 aromatic carbocycles. The number of ether oxygens (including phenoxy) is 1. The average Bonchev–Trinajstić information content (AvgIpc) is 2.38. The molecule has 1 saturated heterocycles. The SMILES string of the molecule is CCC(C)(C)C1(C)CCOC1. The minimum atomic E-state index is 0.418. The van der Waals surface area contributed by atoms with Crippen LogP contribution in [0.25, 0.3) is 0 Å². The van der Waals surface area contributed by atoms with Gasteiger partial charge in [-0.1, -0.05) is 34.1 Å². The molecule has 0 bridgehead atoms. The molecule has 1 rings (SSSR count). The lowest BCUT2D eigenvalue weighted by molar-refractivity contribution is 0.0606. The molecule has 11 heavy (non-hydrogen) atoms. The van der Waals surface area contributed by atoms with Gasteiger partial charge in [0.15, 0.2) is 0 Å². The molecular formula is C10H20O. The topological polar surface area (TPSA) is 9.23 Å². The Balaban J connectivity index is 2.69. The molecule has 1 aliphatic rings. The molecule has 0 saturated carbocycles. The van der Waals surface area contributed by atoms with E-state index >= 15 is 0 Å². The molecule has 0 spiro atoms. The first-order valence-electron chi connectivity index (χ1n) is 4.60. The van der Waals surface area contributed by atoms with Crippen molar-refractivity contribution >= 4 is 0 Å². The molecule has 0 radical (unpaired) electrons. The molecule has 0 aliphatic carbocycles. The summed E-state index contributed by atoms with van der Waals surface area (Å²) in [7, 11) is 0. The molecule has 66 valence electrons. The van der Waals surface area contributed by atoms with Crippen LogP contribution in [0.1, 0.15) is 40.5 Å². The van der Waals surface area contributed by atoms with E-state index in [9.17, 15) is 0 Å². The molecular weight excluding hydrogens is 136 g/mol. The second-order valence-electron chi connectivity index (χ2n) is 4.60. The highest BCUT2D eigenvalue weighted by molar-refractivity contribution is 4.91. The van der Waals surface area contributed by atoms with Crippen LogP contribution < -0.4 is 0 Å². The Kier molecular flexibility index (Phi) is 2.29. The van der Waals surface area contributed by atoms with Crippen LogP contribution in [0, 0.1) is 10.8 Å². The van der Waals surface area contributed by atoms with E-state index < -0.39 is 0 Å². The van der Waals surface area contributed by atoms with Crippen molar-refractivity contribution in [1.29, 1.82) is 0 Å². The lowest BCUT2D eigenvalue weighted by Gasteiger charge is -2.39. The van der Waals surface area contributed by atoms with Gasteiger partial charge in [0.25, 0.3) is 0 Å². The third kappa shape index (κ3) is 1.44. The third-order valence-corrected chi connectivity index (χ3v) is 3.74. The second-order valence-corrected chi connectivity index (χ2v) is 4.60. The summed E-state index contributed by atoms with van der Waals surface area (Å²) in [4.78, 5) is 0. The van der Waals surface area contributed by atoms with Crippen LogP contribution in [0.2, 0.25) is 0 Å². The summed E-state index contributed by atoms with van der Waals surface area (Å²) in [6, 6.07) is 0. The standard InChI is InChI=1S/C10H20O/c1-5-9(2,3)10(4)6-7-11-8-10/h5-8H2,1-4H3. The van der Waals surface area contributed by atoms with Crippen LogP contribution >= 0.6 is 0 Å². The van der Waals surface area contributed by atoms with E-state index in [1.54, 1.807) is 0 Å². The van der Waals surface area contributed by atoms with Crippen LogP contribution in [-0.2, 0) is 4.74 Å². The summed E-state index contributed by atoms with van der Waals surface area (Å²) in [6.07, 6.45) is 2.47.